The average Bonchev–Trinajstić information content (AvgIpc) is 2.76. The molecule has 1 amide bonds. The van der Waals surface area contributed by atoms with Crippen LogP contribution in [0.5, 0.6) is 0 Å². The second-order valence-corrected chi connectivity index (χ2v) is 6.59. The highest BCUT2D eigenvalue weighted by Crippen LogP contribution is 2.25. The van der Waals surface area contributed by atoms with Crippen LogP contribution in [-0.4, -0.2) is 24.5 Å². The summed E-state index contributed by atoms with van der Waals surface area (Å²) in [5.74, 6) is -0.0275. The van der Waals surface area contributed by atoms with Gasteiger partial charge in [0, 0.05) is 24.2 Å². The number of H-pyrrole nitrogens is 1. The van der Waals surface area contributed by atoms with E-state index in [-0.39, 0.29) is 5.91 Å². The van der Waals surface area contributed by atoms with Crippen molar-refractivity contribution in [3.8, 4) is 0 Å². The molecule has 1 aromatic heterocycles. The summed E-state index contributed by atoms with van der Waals surface area (Å²) in [4.78, 5) is 18.4. The summed E-state index contributed by atoms with van der Waals surface area (Å²) in [6, 6.07) is 7.82. The largest absolute Gasteiger partial charge is 0.373 e. The zero-order chi connectivity index (χ0) is 15.4. The van der Waals surface area contributed by atoms with Gasteiger partial charge < -0.3 is 15.2 Å². The molecule has 2 aromatic rings. The van der Waals surface area contributed by atoms with Crippen LogP contribution in [0.15, 0.2) is 24.3 Å². The molecule has 0 radical (unpaired) electrons. The lowest BCUT2D eigenvalue weighted by molar-refractivity contribution is -0.115. The molecule has 0 atom stereocenters. The van der Waals surface area contributed by atoms with E-state index in [4.69, 9.17) is 12.2 Å². The number of rotatable bonds is 5. The standard InChI is InChI=1S/C15H19N3OS2/c1-4-18(3)12-8-6-5-7-11(12)17-14(19)9-13-10(2)16-15(20)21-13/h5-8H,4,9H2,1-3H3,(H,16,20)(H,17,19). The van der Waals surface area contributed by atoms with Crippen molar-refractivity contribution in [3.05, 3.63) is 38.8 Å². The molecule has 0 fully saturated rings. The van der Waals surface area contributed by atoms with E-state index < -0.39 is 0 Å². The van der Waals surface area contributed by atoms with Gasteiger partial charge in [-0.15, -0.1) is 11.3 Å². The molecule has 0 unspecified atom stereocenters. The van der Waals surface area contributed by atoms with Gasteiger partial charge >= 0.3 is 0 Å². The maximum Gasteiger partial charge on any atom is 0.229 e. The van der Waals surface area contributed by atoms with Gasteiger partial charge in [-0.2, -0.15) is 0 Å². The number of aromatic nitrogens is 1. The number of anilines is 2. The zero-order valence-corrected chi connectivity index (χ0v) is 14.0. The van der Waals surface area contributed by atoms with Crippen molar-refractivity contribution in [1.29, 1.82) is 0 Å². The maximum absolute atomic E-state index is 12.2. The normalized spacial score (nSPS) is 10.4. The number of thiazole rings is 1. The van der Waals surface area contributed by atoms with E-state index in [1.165, 1.54) is 11.3 Å². The third-order valence-electron chi connectivity index (χ3n) is 3.31. The zero-order valence-electron chi connectivity index (χ0n) is 12.4. The minimum Gasteiger partial charge on any atom is -0.373 e. The van der Waals surface area contributed by atoms with Crippen molar-refractivity contribution in [2.24, 2.45) is 0 Å². The highest BCUT2D eigenvalue weighted by atomic mass is 32.1. The van der Waals surface area contributed by atoms with Crippen molar-refractivity contribution >= 4 is 40.8 Å². The molecule has 2 rings (SSSR count). The van der Waals surface area contributed by atoms with E-state index in [1.807, 2.05) is 38.2 Å². The van der Waals surface area contributed by atoms with Crippen molar-refractivity contribution in [3.63, 3.8) is 0 Å². The third-order valence-corrected chi connectivity index (χ3v) is 4.65. The van der Waals surface area contributed by atoms with Crippen molar-refractivity contribution in [2.75, 3.05) is 23.8 Å². The van der Waals surface area contributed by atoms with Crippen LogP contribution in [0.25, 0.3) is 0 Å². The molecule has 0 saturated carbocycles. The van der Waals surface area contributed by atoms with Crippen molar-refractivity contribution in [1.82, 2.24) is 4.98 Å². The van der Waals surface area contributed by atoms with Crippen LogP contribution in [0, 0.1) is 10.9 Å². The fraction of sp³-hybridized carbons (Fsp3) is 0.333. The number of amides is 1. The van der Waals surface area contributed by atoms with Crippen LogP contribution in [-0.2, 0) is 11.2 Å². The Morgan fingerprint density at radius 1 is 1.43 bits per heavy atom. The number of benzene rings is 1. The number of aromatic amines is 1. The Kier molecular flexibility index (Phi) is 5.14. The molecular weight excluding hydrogens is 302 g/mol. The molecule has 0 aliphatic heterocycles. The number of hydrogen-bond acceptors (Lipinski definition) is 4. The van der Waals surface area contributed by atoms with Gasteiger partial charge in [0.25, 0.3) is 0 Å². The first-order valence-electron chi connectivity index (χ1n) is 6.80. The number of nitrogens with one attached hydrogen (secondary N) is 2. The Morgan fingerprint density at radius 2 is 2.14 bits per heavy atom. The second-order valence-electron chi connectivity index (χ2n) is 4.82. The lowest BCUT2D eigenvalue weighted by Crippen LogP contribution is -2.20. The Bertz CT molecular complexity index is 690. The number of carbonyl (C=O) groups is 1. The SMILES string of the molecule is CCN(C)c1ccccc1NC(=O)Cc1sc(=S)[nH]c1C. The summed E-state index contributed by atoms with van der Waals surface area (Å²) in [5.41, 5.74) is 2.83. The number of para-hydroxylation sites is 2. The second kappa shape index (κ2) is 6.87. The van der Waals surface area contributed by atoms with Crippen LogP contribution in [0.2, 0.25) is 0 Å². The first-order chi connectivity index (χ1) is 10.0. The molecule has 112 valence electrons. The van der Waals surface area contributed by atoms with Gasteiger partial charge in [-0.3, -0.25) is 4.79 Å². The maximum atomic E-state index is 12.2. The Hall–Kier alpha value is -1.66. The Labute approximate surface area is 133 Å². The quantitative estimate of drug-likeness (QED) is 0.825. The average molecular weight is 321 g/mol. The molecule has 0 aliphatic rings. The smallest absolute Gasteiger partial charge is 0.229 e. The van der Waals surface area contributed by atoms with Crippen molar-refractivity contribution < 1.29 is 4.79 Å². The summed E-state index contributed by atoms with van der Waals surface area (Å²) < 4.78 is 0.710. The predicted molar refractivity (Wildman–Crippen MR) is 92.0 cm³/mol. The summed E-state index contributed by atoms with van der Waals surface area (Å²) in [5, 5.41) is 2.99. The molecule has 6 heteroatoms. The molecule has 0 spiro atoms. The van der Waals surface area contributed by atoms with Gasteiger partial charge in [-0.1, -0.05) is 12.1 Å². The molecule has 0 saturated heterocycles. The van der Waals surface area contributed by atoms with Gasteiger partial charge in [-0.05, 0) is 38.2 Å². The van der Waals surface area contributed by atoms with Crippen LogP contribution in [0.3, 0.4) is 0 Å². The Morgan fingerprint density at radius 3 is 2.76 bits per heavy atom. The van der Waals surface area contributed by atoms with Crippen LogP contribution < -0.4 is 10.2 Å². The molecule has 21 heavy (non-hydrogen) atoms. The van der Waals surface area contributed by atoms with Gasteiger partial charge in [0.1, 0.15) is 0 Å². The molecular formula is C15H19N3OS2. The minimum atomic E-state index is -0.0275. The van der Waals surface area contributed by atoms with E-state index in [9.17, 15) is 4.79 Å². The van der Waals surface area contributed by atoms with Gasteiger partial charge in [-0.25, -0.2) is 0 Å². The molecule has 1 heterocycles. The van der Waals surface area contributed by atoms with Gasteiger partial charge in [0.05, 0.1) is 17.8 Å². The summed E-state index contributed by atoms with van der Waals surface area (Å²) in [6.07, 6.45) is 0.341. The molecule has 2 N–H and O–H groups in total. The lowest BCUT2D eigenvalue weighted by atomic mass is 10.2. The van der Waals surface area contributed by atoms with E-state index >= 15 is 0 Å². The summed E-state index contributed by atoms with van der Waals surface area (Å²) in [6.45, 7) is 4.90. The van der Waals surface area contributed by atoms with Crippen LogP contribution in [0.4, 0.5) is 11.4 Å². The Balaban J connectivity index is 2.13. The first kappa shape index (κ1) is 15.7. The summed E-state index contributed by atoms with van der Waals surface area (Å²) in [7, 11) is 2.01. The number of aryl methyl sites for hydroxylation is 1. The summed E-state index contributed by atoms with van der Waals surface area (Å²) >= 11 is 6.55. The lowest BCUT2D eigenvalue weighted by Gasteiger charge is -2.20. The van der Waals surface area contributed by atoms with Gasteiger partial charge in [0.15, 0.2) is 3.95 Å². The third kappa shape index (κ3) is 3.92. The highest BCUT2D eigenvalue weighted by Gasteiger charge is 2.12. The van der Waals surface area contributed by atoms with Gasteiger partial charge in [0.2, 0.25) is 5.91 Å². The van der Waals surface area contributed by atoms with Crippen molar-refractivity contribution in [2.45, 2.75) is 20.3 Å². The van der Waals surface area contributed by atoms with E-state index in [0.29, 0.717) is 10.4 Å². The number of nitrogens with zero attached hydrogens (tertiary/aromatic N) is 1. The first-order valence-corrected chi connectivity index (χ1v) is 8.02. The van der Waals surface area contributed by atoms with E-state index in [1.54, 1.807) is 0 Å². The number of carbonyl (C=O) groups excluding carboxylic acids is 1. The van der Waals surface area contributed by atoms with E-state index in [2.05, 4.69) is 22.1 Å². The molecule has 4 nitrogen and oxygen atoms in total. The van der Waals surface area contributed by atoms with E-state index in [0.717, 1.165) is 28.5 Å². The fourth-order valence-electron chi connectivity index (χ4n) is 2.03. The fourth-order valence-corrected chi connectivity index (χ4v) is 3.32. The highest BCUT2D eigenvalue weighted by molar-refractivity contribution is 7.73. The minimum absolute atomic E-state index is 0.0275. The molecule has 1 aromatic carbocycles. The monoisotopic (exact) mass is 321 g/mol. The van der Waals surface area contributed by atoms with Crippen LogP contribution >= 0.6 is 23.6 Å². The molecule has 0 bridgehead atoms. The molecule has 0 aliphatic carbocycles. The predicted octanol–water partition coefficient (Wildman–Crippen LogP) is 3.75. The number of hydrogen-bond donors (Lipinski definition) is 2. The van der Waals surface area contributed by atoms with Crippen LogP contribution in [0.1, 0.15) is 17.5 Å². The topological polar surface area (TPSA) is 48.1 Å².